The second-order valence-electron chi connectivity index (χ2n) is 5.81. The van der Waals surface area contributed by atoms with Gasteiger partial charge in [-0.15, -0.1) is 0 Å². The molecule has 0 aliphatic heterocycles. The zero-order chi connectivity index (χ0) is 12.6. The number of carbonyl (C=O) groups excluding carboxylic acids is 3. The van der Waals surface area contributed by atoms with Gasteiger partial charge in [0.25, 0.3) is 0 Å². The van der Waals surface area contributed by atoms with Gasteiger partial charge in [0.2, 0.25) is 0 Å². The van der Waals surface area contributed by atoms with Gasteiger partial charge in [-0.3, -0.25) is 9.59 Å². The number of aldehydes is 2. The van der Waals surface area contributed by atoms with Gasteiger partial charge >= 0.3 is 0 Å². The monoisotopic (exact) mass is 234 g/mol. The molecule has 3 nitrogen and oxygen atoms in total. The first-order valence-electron chi connectivity index (χ1n) is 6.14. The van der Waals surface area contributed by atoms with Gasteiger partial charge in [-0.25, -0.2) is 0 Å². The molecule has 92 valence electrons. The van der Waals surface area contributed by atoms with Crippen molar-refractivity contribution in [1.82, 2.24) is 0 Å². The molecular weight excluding hydrogens is 216 g/mol. The number of Topliss-reactive ketones (excluding diaryl/α,β-unsaturated/α-hetero) is 1. The van der Waals surface area contributed by atoms with Gasteiger partial charge in [0.15, 0.2) is 0 Å². The number of carbonyl (C=O) groups is 3. The first-order chi connectivity index (χ1) is 8.01. The van der Waals surface area contributed by atoms with Crippen LogP contribution in [0.2, 0.25) is 0 Å². The van der Waals surface area contributed by atoms with E-state index in [0.29, 0.717) is 12.0 Å². The standard InChI is InChI=1S/C14H18O3/c1-14(2)6-5-12(17)13-10(8-16)9(7-15)3-4-11(13)14/h3,7-8,10-11,13H,4-6H2,1-2H3/t10-,11+,13+/m0/s1. The number of allylic oxidation sites excluding steroid dienone is 2. The lowest BCUT2D eigenvalue weighted by atomic mass is 9.56. The van der Waals surface area contributed by atoms with E-state index in [9.17, 15) is 14.4 Å². The molecule has 3 atom stereocenters. The van der Waals surface area contributed by atoms with Crippen LogP contribution in [0.15, 0.2) is 11.6 Å². The van der Waals surface area contributed by atoms with Crippen LogP contribution < -0.4 is 0 Å². The number of hydrogen-bond donors (Lipinski definition) is 0. The Hall–Kier alpha value is -1.25. The molecule has 1 saturated carbocycles. The smallest absolute Gasteiger partial charge is 0.146 e. The van der Waals surface area contributed by atoms with Crippen molar-refractivity contribution in [2.75, 3.05) is 0 Å². The fraction of sp³-hybridized carbons (Fsp3) is 0.643. The van der Waals surface area contributed by atoms with Gasteiger partial charge in [0, 0.05) is 12.3 Å². The molecule has 3 heteroatoms. The van der Waals surface area contributed by atoms with Crippen LogP contribution >= 0.6 is 0 Å². The third-order valence-electron chi connectivity index (χ3n) is 4.49. The predicted molar refractivity (Wildman–Crippen MR) is 63.3 cm³/mol. The number of rotatable bonds is 2. The lowest BCUT2D eigenvalue weighted by Gasteiger charge is -2.46. The summed E-state index contributed by atoms with van der Waals surface area (Å²) in [5.74, 6) is -0.443. The molecule has 1 fully saturated rings. The third-order valence-corrected chi connectivity index (χ3v) is 4.49. The van der Waals surface area contributed by atoms with Crippen LogP contribution in [0.25, 0.3) is 0 Å². The summed E-state index contributed by atoms with van der Waals surface area (Å²) in [4.78, 5) is 34.2. The largest absolute Gasteiger partial charge is 0.303 e. The van der Waals surface area contributed by atoms with Crippen molar-refractivity contribution in [2.24, 2.45) is 23.2 Å². The average molecular weight is 234 g/mol. The maximum Gasteiger partial charge on any atom is 0.146 e. The van der Waals surface area contributed by atoms with E-state index < -0.39 is 5.92 Å². The Bertz CT molecular complexity index is 392. The minimum atomic E-state index is -0.515. The first-order valence-corrected chi connectivity index (χ1v) is 6.14. The van der Waals surface area contributed by atoms with Crippen LogP contribution in [0.1, 0.15) is 33.1 Å². The second kappa shape index (κ2) is 4.21. The Morgan fingerprint density at radius 2 is 2.06 bits per heavy atom. The Labute approximate surface area is 101 Å². The quantitative estimate of drug-likeness (QED) is 0.686. The average Bonchev–Trinajstić information content (AvgIpc) is 2.32. The van der Waals surface area contributed by atoms with Gasteiger partial charge in [-0.2, -0.15) is 0 Å². The molecule has 0 radical (unpaired) electrons. The highest BCUT2D eigenvalue weighted by atomic mass is 16.1. The summed E-state index contributed by atoms with van der Waals surface area (Å²) in [6.45, 7) is 4.30. The Balaban J connectivity index is 2.42. The fourth-order valence-corrected chi connectivity index (χ4v) is 3.32. The summed E-state index contributed by atoms with van der Waals surface area (Å²) in [6, 6.07) is 0. The van der Waals surface area contributed by atoms with Crippen molar-refractivity contribution >= 4 is 18.4 Å². The minimum Gasteiger partial charge on any atom is -0.303 e. The lowest BCUT2D eigenvalue weighted by Crippen LogP contribution is -2.46. The molecule has 2 aliphatic rings. The molecule has 0 aromatic carbocycles. The summed E-state index contributed by atoms with van der Waals surface area (Å²) in [6.07, 6.45) is 5.49. The molecule has 0 N–H and O–H groups in total. The highest BCUT2D eigenvalue weighted by Gasteiger charge is 2.48. The van der Waals surface area contributed by atoms with Gasteiger partial charge in [0.1, 0.15) is 18.4 Å². The first kappa shape index (κ1) is 12.2. The van der Waals surface area contributed by atoms with Gasteiger partial charge in [-0.1, -0.05) is 19.9 Å². The zero-order valence-electron chi connectivity index (χ0n) is 10.3. The van der Waals surface area contributed by atoms with Crippen molar-refractivity contribution in [2.45, 2.75) is 33.1 Å². The van der Waals surface area contributed by atoms with Crippen LogP contribution in [-0.4, -0.2) is 18.4 Å². The zero-order valence-corrected chi connectivity index (χ0v) is 10.3. The number of fused-ring (bicyclic) bond motifs is 1. The molecule has 2 rings (SSSR count). The van der Waals surface area contributed by atoms with Crippen LogP contribution in [0.3, 0.4) is 0 Å². The summed E-state index contributed by atoms with van der Waals surface area (Å²) in [7, 11) is 0. The van der Waals surface area contributed by atoms with E-state index in [4.69, 9.17) is 0 Å². The van der Waals surface area contributed by atoms with E-state index in [2.05, 4.69) is 13.8 Å². The Morgan fingerprint density at radius 1 is 1.35 bits per heavy atom. The molecule has 0 unspecified atom stereocenters. The summed E-state index contributed by atoms with van der Waals surface area (Å²) < 4.78 is 0. The molecule has 0 heterocycles. The maximum absolute atomic E-state index is 12.0. The molecule has 0 aromatic rings. The topological polar surface area (TPSA) is 51.2 Å². The maximum atomic E-state index is 12.0. The third kappa shape index (κ3) is 1.88. The molecule has 0 amide bonds. The lowest BCUT2D eigenvalue weighted by molar-refractivity contribution is -0.136. The highest BCUT2D eigenvalue weighted by molar-refractivity contribution is 5.91. The van der Waals surface area contributed by atoms with E-state index in [1.54, 1.807) is 0 Å². The van der Waals surface area contributed by atoms with Gasteiger partial charge in [-0.05, 0) is 29.7 Å². The summed E-state index contributed by atoms with van der Waals surface area (Å²) in [5, 5.41) is 0. The Morgan fingerprint density at radius 3 is 2.65 bits per heavy atom. The fourth-order valence-electron chi connectivity index (χ4n) is 3.32. The summed E-state index contributed by atoms with van der Waals surface area (Å²) >= 11 is 0. The minimum absolute atomic E-state index is 0.0742. The SMILES string of the molecule is CC1(C)CCC(=O)[C@H]2[C@H]1CC=C(C=O)[C@@H]2C=O. The molecule has 17 heavy (non-hydrogen) atoms. The molecule has 0 saturated heterocycles. The normalized spacial score (nSPS) is 35.8. The second-order valence-corrected chi connectivity index (χ2v) is 5.81. The van der Waals surface area contributed by atoms with Crippen molar-refractivity contribution in [3.8, 4) is 0 Å². The summed E-state index contributed by atoms with van der Waals surface area (Å²) in [5.41, 5.74) is 0.567. The van der Waals surface area contributed by atoms with Gasteiger partial charge in [0.05, 0.1) is 5.92 Å². The predicted octanol–water partition coefficient (Wildman–Crippen LogP) is 1.95. The van der Waals surface area contributed by atoms with Crippen LogP contribution in [0.4, 0.5) is 0 Å². The van der Waals surface area contributed by atoms with Crippen molar-refractivity contribution in [3.63, 3.8) is 0 Å². The van der Waals surface area contributed by atoms with Crippen LogP contribution in [0, 0.1) is 23.2 Å². The molecular formula is C14H18O3. The highest BCUT2D eigenvalue weighted by Crippen LogP contribution is 2.50. The van der Waals surface area contributed by atoms with E-state index in [1.807, 2.05) is 6.08 Å². The molecule has 2 aliphatic carbocycles. The van der Waals surface area contributed by atoms with Crippen molar-refractivity contribution in [3.05, 3.63) is 11.6 Å². The van der Waals surface area contributed by atoms with Crippen LogP contribution in [-0.2, 0) is 14.4 Å². The molecule has 0 aromatic heterocycles. The van der Waals surface area contributed by atoms with Crippen LogP contribution in [0.5, 0.6) is 0 Å². The van der Waals surface area contributed by atoms with E-state index in [1.165, 1.54) is 0 Å². The van der Waals surface area contributed by atoms with Gasteiger partial charge < -0.3 is 4.79 Å². The van der Waals surface area contributed by atoms with Crippen molar-refractivity contribution in [1.29, 1.82) is 0 Å². The van der Waals surface area contributed by atoms with Crippen molar-refractivity contribution < 1.29 is 14.4 Å². The Kier molecular flexibility index (Phi) is 3.02. The van der Waals surface area contributed by atoms with E-state index >= 15 is 0 Å². The molecule has 0 spiro atoms. The van der Waals surface area contributed by atoms with E-state index in [-0.39, 0.29) is 23.0 Å². The number of hydrogen-bond acceptors (Lipinski definition) is 3. The van der Waals surface area contributed by atoms with E-state index in [0.717, 1.165) is 25.4 Å². The number of ketones is 1. The molecule has 0 bridgehead atoms.